The van der Waals surface area contributed by atoms with Crippen LogP contribution in [0.1, 0.15) is 30.7 Å². The number of benzene rings is 1. The minimum atomic E-state index is -0.326. The number of aromatic amines is 1. The van der Waals surface area contributed by atoms with Gasteiger partial charge in [-0.15, -0.1) is 0 Å². The first-order chi connectivity index (χ1) is 9.13. The fourth-order valence-corrected chi connectivity index (χ4v) is 3.71. The number of nitrogens with zero attached hydrogens (tertiary/aromatic N) is 1. The van der Waals surface area contributed by atoms with Gasteiger partial charge < -0.3 is 10.3 Å². The molecule has 3 atom stereocenters. The number of hydrogen-bond donors (Lipinski definition) is 2. The molecule has 1 aromatic heterocycles. The van der Waals surface area contributed by atoms with Crippen LogP contribution >= 0.6 is 0 Å². The maximum absolute atomic E-state index is 14.1. The Morgan fingerprint density at radius 2 is 2.21 bits per heavy atom. The second-order valence-electron chi connectivity index (χ2n) is 5.78. The molecule has 4 nitrogen and oxygen atoms in total. The smallest absolute Gasteiger partial charge is 0.311 e. The van der Waals surface area contributed by atoms with Crippen molar-refractivity contribution in [2.45, 2.75) is 37.3 Å². The van der Waals surface area contributed by atoms with Gasteiger partial charge in [0.2, 0.25) is 0 Å². The normalized spacial score (nSPS) is 29.5. The summed E-state index contributed by atoms with van der Waals surface area (Å²) in [6.45, 7) is 0. The van der Waals surface area contributed by atoms with Crippen molar-refractivity contribution < 1.29 is 4.39 Å². The Kier molecular flexibility index (Phi) is 2.18. The largest absolute Gasteiger partial charge is 0.326 e. The van der Waals surface area contributed by atoms with Crippen molar-refractivity contribution in [3.05, 3.63) is 34.0 Å². The quantitative estimate of drug-likeness (QED) is 0.819. The van der Waals surface area contributed by atoms with E-state index in [1.807, 2.05) is 6.07 Å². The van der Waals surface area contributed by atoms with E-state index in [0.29, 0.717) is 29.0 Å². The number of rotatable bonds is 1. The Hall–Kier alpha value is -1.62. The van der Waals surface area contributed by atoms with Gasteiger partial charge >= 0.3 is 5.69 Å². The lowest BCUT2D eigenvalue weighted by Gasteiger charge is -2.20. The number of H-pyrrole nitrogens is 1. The molecule has 100 valence electrons. The molecule has 2 aliphatic rings. The number of nitrogens with one attached hydrogen (secondary N) is 2. The number of aromatic nitrogens is 2. The third-order valence-corrected chi connectivity index (χ3v) is 4.72. The molecule has 2 fully saturated rings. The van der Waals surface area contributed by atoms with Gasteiger partial charge in [-0.1, -0.05) is 0 Å². The molecule has 2 aromatic rings. The van der Waals surface area contributed by atoms with Crippen LogP contribution in [-0.2, 0) is 7.05 Å². The average molecular weight is 261 g/mol. The minimum Gasteiger partial charge on any atom is -0.311 e. The maximum atomic E-state index is 14.1. The Morgan fingerprint density at radius 1 is 1.37 bits per heavy atom. The van der Waals surface area contributed by atoms with Crippen LogP contribution in [0.2, 0.25) is 0 Å². The Labute approximate surface area is 109 Å². The summed E-state index contributed by atoms with van der Waals surface area (Å²) in [5.41, 5.74) is 1.71. The lowest BCUT2D eigenvalue weighted by atomic mass is 9.84. The zero-order valence-electron chi connectivity index (χ0n) is 10.7. The summed E-state index contributed by atoms with van der Waals surface area (Å²) >= 11 is 0. The standard InChI is InChI=1S/C14H16FN3O/c1-18-12-5-7(4-10(15)13(12)17-14(18)19)9-6-8-2-3-11(9)16-8/h4-5,8-9,11,16H,2-3,6H2,1H3,(H,17,19). The third kappa shape index (κ3) is 1.51. The van der Waals surface area contributed by atoms with Gasteiger partial charge in [0.25, 0.3) is 0 Å². The highest BCUT2D eigenvalue weighted by molar-refractivity contribution is 5.77. The summed E-state index contributed by atoms with van der Waals surface area (Å²) in [6, 6.07) is 4.61. The predicted molar refractivity (Wildman–Crippen MR) is 70.8 cm³/mol. The second kappa shape index (κ2) is 3.70. The van der Waals surface area contributed by atoms with Gasteiger partial charge in [0.05, 0.1) is 5.52 Å². The number of hydrogen-bond acceptors (Lipinski definition) is 2. The zero-order chi connectivity index (χ0) is 13.1. The second-order valence-corrected chi connectivity index (χ2v) is 5.78. The Balaban J connectivity index is 1.87. The van der Waals surface area contributed by atoms with Crippen molar-refractivity contribution in [3.8, 4) is 0 Å². The Morgan fingerprint density at radius 3 is 2.89 bits per heavy atom. The van der Waals surface area contributed by atoms with E-state index in [2.05, 4.69) is 10.3 Å². The van der Waals surface area contributed by atoms with Gasteiger partial charge in [0.1, 0.15) is 11.3 Å². The van der Waals surface area contributed by atoms with Crippen LogP contribution in [0.5, 0.6) is 0 Å². The summed E-state index contributed by atoms with van der Waals surface area (Å²) in [6.07, 6.45) is 3.48. The van der Waals surface area contributed by atoms with Crippen molar-refractivity contribution in [1.82, 2.24) is 14.9 Å². The van der Waals surface area contributed by atoms with Crippen molar-refractivity contribution in [3.63, 3.8) is 0 Å². The van der Waals surface area contributed by atoms with E-state index in [0.717, 1.165) is 12.0 Å². The minimum absolute atomic E-state index is 0.267. The molecule has 2 saturated heterocycles. The average Bonchev–Trinajstić information content (AvgIpc) is 3.07. The van der Waals surface area contributed by atoms with Gasteiger partial charge in [-0.2, -0.15) is 0 Å². The van der Waals surface area contributed by atoms with Gasteiger partial charge in [0.15, 0.2) is 0 Å². The number of aryl methyl sites for hydroxylation is 1. The zero-order valence-corrected chi connectivity index (χ0v) is 10.7. The van der Waals surface area contributed by atoms with Crippen LogP contribution in [0.25, 0.3) is 11.0 Å². The summed E-state index contributed by atoms with van der Waals surface area (Å²) < 4.78 is 15.6. The monoisotopic (exact) mass is 261 g/mol. The molecule has 3 heterocycles. The molecule has 0 aliphatic carbocycles. The van der Waals surface area contributed by atoms with E-state index >= 15 is 0 Å². The topological polar surface area (TPSA) is 49.8 Å². The van der Waals surface area contributed by atoms with E-state index in [-0.39, 0.29) is 11.5 Å². The van der Waals surface area contributed by atoms with E-state index in [9.17, 15) is 9.18 Å². The van der Waals surface area contributed by atoms with E-state index in [1.54, 1.807) is 13.1 Å². The molecule has 3 unspecified atom stereocenters. The fraction of sp³-hybridized carbons (Fsp3) is 0.500. The van der Waals surface area contributed by atoms with Crippen molar-refractivity contribution in [1.29, 1.82) is 0 Å². The number of fused-ring (bicyclic) bond motifs is 3. The van der Waals surface area contributed by atoms with Gasteiger partial charge in [-0.25, -0.2) is 9.18 Å². The molecule has 0 amide bonds. The summed E-state index contributed by atoms with van der Waals surface area (Å²) in [5, 5.41) is 3.56. The maximum Gasteiger partial charge on any atom is 0.326 e. The van der Waals surface area contributed by atoms with Crippen LogP contribution in [-0.4, -0.2) is 21.6 Å². The van der Waals surface area contributed by atoms with Crippen LogP contribution in [0.3, 0.4) is 0 Å². The van der Waals surface area contributed by atoms with Gasteiger partial charge in [0, 0.05) is 25.0 Å². The van der Waals surface area contributed by atoms with Gasteiger partial charge in [-0.3, -0.25) is 4.57 Å². The lowest BCUT2D eigenvalue weighted by molar-refractivity contribution is 0.504. The van der Waals surface area contributed by atoms with Gasteiger partial charge in [-0.05, 0) is 37.0 Å². The first-order valence-corrected chi connectivity index (χ1v) is 6.77. The third-order valence-electron chi connectivity index (χ3n) is 4.72. The molecule has 1 aromatic carbocycles. The van der Waals surface area contributed by atoms with Crippen molar-refractivity contribution in [2.24, 2.45) is 7.05 Å². The predicted octanol–water partition coefficient (Wildman–Crippen LogP) is 1.61. The molecule has 2 aliphatic heterocycles. The molecule has 19 heavy (non-hydrogen) atoms. The lowest BCUT2D eigenvalue weighted by Crippen LogP contribution is -2.21. The number of halogens is 1. The summed E-state index contributed by atoms with van der Waals surface area (Å²) in [7, 11) is 1.67. The molecule has 5 heteroatoms. The SMILES string of the molecule is Cn1c(=O)[nH]c2c(F)cc(C3CC4CCC3N4)cc21. The van der Waals surface area contributed by atoms with Crippen LogP contribution in [0.4, 0.5) is 4.39 Å². The highest BCUT2D eigenvalue weighted by Crippen LogP contribution is 2.40. The van der Waals surface area contributed by atoms with E-state index in [4.69, 9.17) is 0 Å². The molecule has 0 radical (unpaired) electrons. The van der Waals surface area contributed by atoms with Crippen molar-refractivity contribution in [2.75, 3.05) is 0 Å². The van der Waals surface area contributed by atoms with E-state index in [1.165, 1.54) is 17.4 Å². The van der Waals surface area contributed by atoms with Crippen LogP contribution < -0.4 is 11.0 Å². The molecule has 4 rings (SSSR count). The molecule has 2 N–H and O–H groups in total. The van der Waals surface area contributed by atoms with Crippen molar-refractivity contribution >= 4 is 11.0 Å². The Bertz CT molecular complexity index is 717. The van der Waals surface area contributed by atoms with Crippen LogP contribution in [0.15, 0.2) is 16.9 Å². The van der Waals surface area contributed by atoms with E-state index < -0.39 is 0 Å². The molecule has 2 bridgehead atoms. The molecule has 0 spiro atoms. The number of imidazole rings is 1. The highest BCUT2D eigenvalue weighted by Gasteiger charge is 2.40. The summed E-state index contributed by atoms with van der Waals surface area (Å²) in [5.74, 6) is 0.0515. The fourth-order valence-electron chi connectivity index (χ4n) is 3.71. The first-order valence-electron chi connectivity index (χ1n) is 6.77. The first kappa shape index (κ1) is 11.2. The van der Waals surface area contributed by atoms with Crippen LogP contribution in [0, 0.1) is 5.82 Å². The summed E-state index contributed by atoms with van der Waals surface area (Å²) in [4.78, 5) is 14.1. The molecule has 0 saturated carbocycles. The molecular weight excluding hydrogens is 245 g/mol. The molecular formula is C14H16FN3O. The highest BCUT2D eigenvalue weighted by atomic mass is 19.1.